The Balaban J connectivity index is 2.82. The van der Waals surface area contributed by atoms with E-state index >= 15 is 0 Å². The zero-order chi connectivity index (χ0) is 9.14. The van der Waals surface area contributed by atoms with Crippen LogP contribution in [-0.2, 0) is 6.42 Å². The van der Waals surface area contributed by atoms with E-state index in [4.69, 9.17) is 10.8 Å². The van der Waals surface area contributed by atoms with E-state index in [1.54, 1.807) is 13.1 Å². The van der Waals surface area contributed by atoms with E-state index in [2.05, 4.69) is 25.9 Å². The summed E-state index contributed by atoms with van der Waals surface area (Å²) < 4.78 is 0.528. The zero-order valence-corrected chi connectivity index (χ0v) is 8.24. The van der Waals surface area contributed by atoms with Crippen molar-refractivity contribution < 1.29 is 5.11 Å². The van der Waals surface area contributed by atoms with E-state index in [0.717, 1.165) is 5.69 Å². The highest BCUT2D eigenvalue weighted by molar-refractivity contribution is 9.10. The molecule has 0 radical (unpaired) electrons. The lowest BCUT2D eigenvalue weighted by atomic mass is 10.2. The van der Waals surface area contributed by atoms with Crippen LogP contribution in [-0.4, -0.2) is 21.2 Å². The van der Waals surface area contributed by atoms with Gasteiger partial charge in [0.25, 0.3) is 0 Å². The van der Waals surface area contributed by atoms with Crippen LogP contribution < -0.4 is 5.73 Å². The molecule has 0 bridgehead atoms. The first-order valence-electron chi connectivity index (χ1n) is 3.54. The average molecular weight is 232 g/mol. The van der Waals surface area contributed by atoms with Crippen LogP contribution in [0.4, 0.5) is 5.82 Å². The monoisotopic (exact) mass is 231 g/mol. The second-order valence-electron chi connectivity index (χ2n) is 2.59. The van der Waals surface area contributed by atoms with Gasteiger partial charge in [-0.2, -0.15) is 0 Å². The van der Waals surface area contributed by atoms with Gasteiger partial charge in [-0.1, -0.05) is 0 Å². The molecule has 0 aliphatic heterocycles. The van der Waals surface area contributed by atoms with Gasteiger partial charge in [0.05, 0.1) is 18.0 Å². The predicted octanol–water partition coefficient (Wildman–Crippen LogP) is 0.745. The van der Waals surface area contributed by atoms with Gasteiger partial charge in [-0.3, -0.25) is 0 Å². The summed E-state index contributed by atoms with van der Waals surface area (Å²) in [4.78, 5) is 7.97. The summed E-state index contributed by atoms with van der Waals surface area (Å²) in [6.45, 7) is 1.70. The van der Waals surface area contributed by atoms with Gasteiger partial charge in [0.15, 0.2) is 5.82 Å². The number of anilines is 1. The van der Waals surface area contributed by atoms with Crippen LogP contribution in [0.5, 0.6) is 0 Å². The molecule has 0 amide bonds. The molecule has 66 valence electrons. The Bertz CT molecular complexity index is 277. The van der Waals surface area contributed by atoms with Gasteiger partial charge in [-0.15, -0.1) is 0 Å². The Labute approximate surface area is 79.0 Å². The number of nitrogens with two attached hydrogens (primary N) is 1. The minimum absolute atomic E-state index is 0.365. The molecule has 1 atom stereocenters. The van der Waals surface area contributed by atoms with E-state index in [1.807, 2.05) is 0 Å². The van der Waals surface area contributed by atoms with Gasteiger partial charge >= 0.3 is 0 Å². The summed E-state index contributed by atoms with van der Waals surface area (Å²) in [5, 5.41) is 9.05. The first-order chi connectivity index (χ1) is 5.59. The van der Waals surface area contributed by atoms with Crippen LogP contribution in [0, 0.1) is 0 Å². The van der Waals surface area contributed by atoms with Crippen LogP contribution in [0.3, 0.4) is 0 Å². The third-order valence-corrected chi connectivity index (χ3v) is 1.89. The molecule has 0 saturated heterocycles. The Hall–Kier alpha value is -0.680. The molecule has 4 nitrogen and oxygen atoms in total. The van der Waals surface area contributed by atoms with Crippen molar-refractivity contribution in [1.29, 1.82) is 0 Å². The molecular formula is C7H10BrN3O. The number of aliphatic hydroxyl groups excluding tert-OH is 1. The number of rotatable bonds is 2. The van der Waals surface area contributed by atoms with Crippen molar-refractivity contribution in [2.75, 3.05) is 5.73 Å². The van der Waals surface area contributed by atoms with E-state index < -0.39 is 6.10 Å². The molecule has 3 N–H and O–H groups in total. The Morgan fingerprint density at radius 1 is 1.75 bits per heavy atom. The molecule has 0 aromatic carbocycles. The van der Waals surface area contributed by atoms with Crippen LogP contribution in [0.2, 0.25) is 0 Å². The number of aliphatic hydroxyl groups is 1. The molecule has 1 aromatic rings. The average Bonchev–Trinajstić information content (AvgIpc) is 1.96. The summed E-state index contributed by atoms with van der Waals surface area (Å²) in [5.74, 6) is 0.365. The highest BCUT2D eigenvalue weighted by atomic mass is 79.9. The molecule has 1 heterocycles. The fourth-order valence-corrected chi connectivity index (χ4v) is 1.14. The van der Waals surface area contributed by atoms with Gasteiger partial charge in [-0.05, 0) is 22.9 Å². The lowest BCUT2D eigenvalue weighted by Crippen LogP contribution is -2.07. The second-order valence-corrected chi connectivity index (χ2v) is 3.34. The van der Waals surface area contributed by atoms with E-state index in [9.17, 15) is 0 Å². The van der Waals surface area contributed by atoms with Crippen molar-refractivity contribution in [1.82, 2.24) is 9.97 Å². The number of aromatic nitrogens is 2. The zero-order valence-electron chi connectivity index (χ0n) is 6.66. The Morgan fingerprint density at radius 2 is 2.42 bits per heavy atom. The highest BCUT2D eigenvalue weighted by Gasteiger charge is 2.03. The molecule has 1 aromatic heterocycles. The van der Waals surface area contributed by atoms with Gasteiger partial charge in [0.2, 0.25) is 0 Å². The number of hydrogen-bond donors (Lipinski definition) is 2. The molecule has 0 fully saturated rings. The summed E-state index contributed by atoms with van der Waals surface area (Å²) in [6, 6.07) is 0. The maximum Gasteiger partial charge on any atom is 0.156 e. The van der Waals surface area contributed by atoms with Crippen molar-refractivity contribution in [2.45, 2.75) is 19.4 Å². The Kier molecular flexibility index (Phi) is 2.99. The van der Waals surface area contributed by atoms with Crippen LogP contribution in [0.15, 0.2) is 10.8 Å². The number of halogens is 1. The van der Waals surface area contributed by atoms with Gasteiger partial charge in [0, 0.05) is 6.42 Å². The third kappa shape index (κ3) is 2.42. The van der Waals surface area contributed by atoms with Crippen molar-refractivity contribution in [3.05, 3.63) is 16.5 Å². The maximum absolute atomic E-state index is 9.05. The summed E-state index contributed by atoms with van der Waals surface area (Å²) in [5.41, 5.74) is 6.16. The lowest BCUT2D eigenvalue weighted by Gasteiger charge is -2.03. The number of hydrogen-bond acceptors (Lipinski definition) is 4. The quantitative estimate of drug-likeness (QED) is 0.788. The first-order valence-corrected chi connectivity index (χ1v) is 4.34. The molecule has 0 spiro atoms. The van der Waals surface area contributed by atoms with Gasteiger partial charge in [-0.25, -0.2) is 9.97 Å². The molecule has 1 rings (SSSR count). The normalized spacial score (nSPS) is 12.9. The van der Waals surface area contributed by atoms with Crippen molar-refractivity contribution >= 4 is 21.7 Å². The third-order valence-electron chi connectivity index (χ3n) is 1.31. The molecule has 0 unspecified atom stereocenters. The fourth-order valence-electron chi connectivity index (χ4n) is 0.811. The van der Waals surface area contributed by atoms with Gasteiger partial charge in [0.1, 0.15) is 4.60 Å². The smallest absolute Gasteiger partial charge is 0.156 e. The van der Waals surface area contributed by atoms with E-state index in [0.29, 0.717) is 16.8 Å². The van der Waals surface area contributed by atoms with E-state index in [-0.39, 0.29) is 0 Å². The van der Waals surface area contributed by atoms with Gasteiger partial charge < -0.3 is 10.8 Å². The molecular weight excluding hydrogens is 222 g/mol. The molecule has 0 aliphatic carbocycles. The van der Waals surface area contributed by atoms with Crippen LogP contribution >= 0.6 is 15.9 Å². The lowest BCUT2D eigenvalue weighted by molar-refractivity contribution is 0.194. The summed E-state index contributed by atoms with van der Waals surface area (Å²) in [7, 11) is 0. The summed E-state index contributed by atoms with van der Waals surface area (Å²) in [6.07, 6.45) is 1.65. The molecule has 5 heteroatoms. The number of nitrogens with zero attached hydrogens (tertiary/aromatic N) is 2. The van der Waals surface area contributed by atoms with Crippen LogP contribution in [0.25, 0.3) is 0 Å². The molecule has 0 aliphatic rings. The number of nitrogen functional groups attached to an aromatic ring is 1. The Morgan fingerprint density at radius 3 is 2.92 bits per heavy atom. The minimum atomic E-state index is -0.408. The predicted molar refractivity (Wildman–Crippen MR) is 49.5 cm³/mol. The minimum Gasteiger partial charge on any atom is -0.393 e. The first kappa shape index (κ1) is 9.41. The van der Waals surface area contributed by atoms with Crippen LogP contribution in [0.1, 0.15) is 12.6 Å². The van der Waals surface area contributed by atoms with E-state index in [1.165, 1.54) is 0 Å². The van der Waals surface area contributed by atoms with Crippen molar-refractivity contribution in [3.63, 3.8) is 0 Å². The van der Waals surface area contributed by atoms with Crippen molar-refractivity contribution in [3.8, 4) is 0 Å². The van der Waals surface area contributed by atoms with Crippen molar-refractivity contribution in [2.24, 2.45) is 0 Å². The second kappa shape index (κ2) is 3.82. The topological polar surface area (TPSA) is 72.0 Å². The molecule has 12 heavy (non-hydrogen) atoms. The standard InChI is InChI=1S/C7H10BrN3O/c1-4(12)2-5-3-10-7(9)6(8)11-5/h3-4,12H,2H2,1H3,(H2,9,10)/t4-/m0/s1. The fraction of sp³-hybridized carbons (Fsp3) is 0.429. The highest BCUT2D eigenvalue weighted by Crippen LogP contribution is 2.13. The SMILES string of the molecule is C[C@H](O)Cc1cnc(N)c(Br)n1. The largest absolute Gasteiger partial charge is 0.393 e. The maximum atomic E-state index is 9.05. The molecule has 0 saturated carbocycles. The summed E-state index contributed by atoms with van der Waals surface area (Å²) >= 11 is 3.16.